The number of hydrogen-bond acceptors (Lipinski definition) is 2. The van der Waals surface area contributed by atoms with Gasteiger partial charge in [0.05, 0.1) is 5.69 Å². The zero-order valence-electron chi connectivity index (χ0n) is 13.8. The predicted octanol–water partition coefficient (Wildman–Crippen LogP) is 3.10. The molecule has 0 radical (unpaired) electrons. The van der Waals surface area contributed by atoms with Gasteiger partial charge in [-0.2, -0.15) is 0 Å². The average molecular weight is 302 g/mol. The van der Waals surface area contributed by atoms with Crippen molar-refractivity contribution < 1.29 is 9.90 Å². The number of nitrogens with one attached hydrogen (secondary N) is 2. The third-order valence-electron chi connectivity index (χ3n) is 4.47. The maximum atomic E-state index is 11.2. The van der Waals surface area contributed by atoms with E-state index in [0.717, 1.165) is 49.6 Å². The summed E-state index contributed by atoms with van der Waals surface area (Å²) in [5.41, 5.74) is 7.91. The van der Waals surface area contributed by atoms with E-state index in [4.69, 9.17) is 5.11 Å². The number of aryl methyl sites for hydroxylation is 1. The number of carbonyl (C=O) groups excluding carboxylic acids is 1. The summed E-state index contributed by atoms with van der Waals surface area (Å²) in [6.07, 6.45) is 7.31. The van der Waals surface area contributed by atoms with Gasteiger partial charge in [0.25, 0.3) is 0 Å². The van der Waals surface area contributed by atoms with Crippen LogP contribution in [0.15, 0.2) is 6.20 Å². The molecule has 0 aliphatic heterocycles. The minimum Gasteiger partial charge on any atom is -0.396 e. The Morgan fingerprint density at radius 1 is 1.18 bits per heavy atom. The van der Waals surface area contributed by atoms with E-state index >= 15 is 0 Å². The topological polar surface area (TPSA) is 68.9 Å². The maximum Gasteiger partial charge on any atom is 0.166 e. The SMILES string of the molecule is CCc1c[nH]c(Cc2[nH]c(C=O)c(C)c2CCCO)c1CC. The van der Waals surface area contributed by atoms with Crippen LogP contribution >= 0.6 is 0 Å². The van der Waals surface area contributed by atoms with Gasteiger partial charge in [-0.1, -0.05) is 13.8 Å². The van der Waals surface area contributed by atoms with Crippen LogP contribution in [-0.4, -0.2) is 28.0 Å². The summed E-state index contributed by atoms with van der Waals surface area (Å²) in [4.78, 5) is 17.9. The van der Waals surface area contributed by atoms with Gasteiger partial charge in [0.1, 0.15) is 0 Å². The van der Waals surface area contributed by atoms with Gasteiger partial charge < -0.3 is 15.1 Å². The van der Waals surface area contributed by atoms with E-state index in [1.54, 1.807) is 0 Å². The van der Waals surface area contributed by atoms with Gasteiger partial charge in [0, 0.05) is 30.6 Å². The molecular weight excluding hydrogens is 276 g/mol. The number of rotatable bonds is 8. The minimum atomic E-state index is 0.170. The molecule has 0 saturated carbocycles. The molecule has 0 aliphatic carbocycles. The summed E-state index contributed by atoms with van der Waals surface area (Å²) in [5.74, 6) is 0. The highest BCUT2D eigenvalue weighted by atomic mass is 16.2. The first-order chi connectivity index (χ1) is 10.7. The Bertz CT molecular complexity index is 638. The number of aldehydes is 1. The number of aromatic nitrogens is 2. The first-order valence-electron chi connectivity index (χ1n) is 8.10. The number of H-pyrrole nitrogens is 2. The Morgan fingerprint density at radius 3 is 2.55 bits per heavy atom. The van der Waals surface area contributed by atoms with E-state index in [2.05, 4.69) is 30.0 Å². The van der Waals surface area contributed by atoms with E-state index in [-0.39, 0.29) is 6.61 Å². The van der Waals surface area contributed by atoms with Crippen molar-refractivity contribution in [2.24, 2.45) is 0 Å². The zero-order valence-corrected chi connectivity index (χ0v) is 13.8. The first kappa shape index (κ1) is 16.6. The molecule has 0 amide bonds. The van der Waals surface area contributed by atoms with Crippen LogP contribution < -0.4 is 0 Å². The van der Waals surface area contributed by atoms with Crippen LogP contribution in [0.25, 0.3) is 0 Å². The Balaban J connectivity index is 2.36. The molecule has 0 aliphatic rings. The monoisotopic (exact) mass is 302 g/mol. The molecule has 0 spiro atoms. The molecule has 4 nitrogen and oxygen atoms in total. The molecule has 4 heteroatoms. The number of carbonyl (C=O) groups is 1. The van der Waals surface area contributed by atoms with E-state index < -0.39 is 0 Å². The molecule has 2 rings (SSSR count). The third-order valence-corrected chi connectivity index (χ3v) is 4.47. The fourth-order valence-corrected chi connectivity index (χ4v) is 3.22. The Kier molecular flexibility index (Phi) is 5.61. The van der Waals surface area contributed by atoms with Crippen LogP contribution in [0.4, 0.5) is 0 Å². The molecule has 0 saturated heterocycles. The van der Waals surface area contributed by atoms with Gasteiger partial charge >= 0.3 is 0 Å². The van der Waals surface area contributed by atoms with E-state index in [9.17, 15) is 4.79 Å². The summed E-state index contributed by atoms with van der Waals surface area (Å²) in [7, 11) is 0. The largest absolute Gasteiger partial charge is 0.396 e. The highest BCUT2D eigenvalue weighted by Crippen LogP contribution is 2.24. The average Bonchev–Trinajstić information content (AvgIpc) is 3.06. The van der Waals surface area contributed by atoms with Crippen molar-refractivity contribution in [3.05, 3.63) is 45.5 Å². The summed E-state index contributed by atoms with van der Waals surface area (Å²) in [5, 5.41) is 9.09. The number of aliphatic hydroxyl groups excluding tert-OH is 1. The molecule has 0 fully saturated rings. The molecule has 0 aromatic carbocycles. The summed E-state index contributed by atoms with van der Waals surface area (Å²) in [6.45, 7) is 6.49. The number of aliphatic hydroxyl groups is 1. The van der Waals surface area contributed by atoms with Crippen molar-refractivity contribution in [1.29, 1.82) is 0 Å². The lowest BCUT2D eigenvalue weighted by Gasteiger charge is -2.07. The smallest absolute Gasteiger partial charge is 0.166 e. The molecular formula is C18H26N2O2. The molecule has 3 N–H and O–H groups in total. The van der Waals surface area contributed by atoms with Crippen LogP contribution in [0.2, 0.25) is 0 Å². The Morgan fingerprint density at radius 2 is 1.95 bits per heavy atom. The molecule has 0 bridgehead atoms. The molecule has 0 atom stereocenters. The lowest BCUT2D eigenvalue weighted by molar-refractivity contribution is 0.111. The van der Waals surface area contributed by atoms with Gasteiger partial charge in [-0.05, 0) is 54.9 Å². The van der Waals surface area contributed by atoms with Crippen molar-refractivity contribution in [3.8, 4) is 0 Å². The van der Waals surface area contributed by atoms with E-state index in [1.165, 1.54) is 22.4 Å². The predicted molar refractivity (Wildman–Crippen MR) is 88.7 cm³/mol. The zero-order chi connectivity index (χ0) is 16.1. The standard InChI is InChI=1S/C18H26N2O2/c1-4-13-10-19-16(14(13)5-2)9-17-15(7-6-8-21)12(3)18(11-22)20-17/h10-11,19-21H,4-9H2,1-3H3. The van der Waals surface area contributed by atoms with Crippen LogP contribution in [0.1, 0.15) is 64.4 Å². The lowest BCUT2D eigenvalue weighted by atomic mass is 9.99. The molecule has 2 aromatic rings. The van der Waals surface area contributed by atoms with Crippen molar-refractivity contribution in [2.45, 2.75) is 52.9 Å². The molecule has 2 aromatic heterocycles. The minimum absolute atomic E-state index is 0.170. The van der Waals surface area contributed by atoms with Crippen LogP contribution in [0.5, 0.6) is 0 Å². The van der Waals surface area contributed by atoms with Gasteiger partial charge in [0.15, 0.2) is 6.29 Å². The second-order valence-corrected chi connectivity index (χ2v) is 5.72. The fraction of sp³-hybridized carbons (Fsp3) is 0.500. The summed E-state index contributed by atoms with van der Waals surface area (Å²) >= 11 is 0. The molecule has 120 valence electrons. The molecule has 2 heterocycles. The van der Waals surface area contributed by atoms with Crippen molar-refractivity contribution >= 4 is 6.29 Å². The van der Waals surface area contributed by atoms with E-state index in [1.807, 2.05) is 6.92 Å². The second-order valence-electron chi connectivity index (χ2n) is 5.72. The Labute approximate surface area is 132 Å². The van der Waals surface area contributed by atoms with Gasteiger partial charge in [-0.3, -0.25) is 4.79 Å². The second kappa shape index (κ2) is 7.45. The van der Waals surface area contributed by atoms with Crippen LogP contribution in [-0.2, 0) is 25.7 Å². The van der Waals surface area contributed by atoms with E-state index in [0.29, 0.717) is 5.69 Å². The Hall–Kier alpha value is -1.81. The number of hydrogen-bond donors (Lipinski definition) is 3. The third kappa shape index (κ3) is 3.17. The molecule has 22 heavy (non-hydrogen) atoms. The maximum absolute atomic E-state index is 11.2. The normalized spacial score (nSPS) is 11.1. The molecule has 0 unspecified atom stereocenters. The number of aromatic amines is 2. The summed E-state index contributed by atoms with van der Waals surface area (Å²) < 4.78 is 0. The highest BCUT2D eigenvalue weighted by Gasteiger charge is 2.16. The van der Waals surface area contributed by atoms with Crippen molar-refractivity contribution in [3.63, 3.8) is 0 Å². The summed E-state index contributed by atoms with van der Waals surface area (Å²) in [6, 6.07) is 0. The van der Waals surface area contributed by atoms with Crippen molar-refractivity contribution in [2.75, 3.05) is 6.61 Å². The fourth-order valence-electron chi connectivity index (χ4n) is 3.22. The van der Waals surface area contributed by atoms with Crippen LogP contribution in [0, 0.1) is 6.92 Å². The first-order valence-corrected chi connectivity index (χ1v) is 8.10. The van der Waals surface area contributed by atoms with Gasteiger partial charge in [-0.25, -0.2) is 0 Å². The van der Waals surface area contributed by atoms with Crippen molar-refractivity contribution in [1.82, 2.24) is 9.97 Å². The van der Waals surface area contributed by atoms with Gasteiger partial charge in [0.2, 0.25) is 0 Å². The quantitative estimate of drug-likeness (QED) is 0.656. The highest BCUT2D eigenvalue weighted by molar-refractivity contribution is 5.76. The van der Waals surface area contributed by atoms with Crippen LogP contribution in [0.3, 0.4) is 0 Å². The van der Waals surface area contributed by atoms with Gasteiger partial charge in [-0.15, -0.1) is 0 Å². The lowest BCUT2D eigenvalue weighted by Crippen LogP contribution is -2.00.